The molecule has 7 nitrogen and oxygen atoms in total. The maximum atomic E-state index is 12.0. The minimum atomic E-state index is -0.734. The molecule has 0 fully saturated rings. The van der Waals surface area contributed by atoms with Gasteiger partial charge >= 0.3 is 11.8 Å². The number of carbonyl (C=O) groups excluding carboxylic acids is 2. The predicted molar refractivity (Wildman–Crippen MR) is 95.0 cm³/mol. The number of aromatic nitrogens is 3. The average Bonchev–Trinajstić information content (AvgIpc) is 3.04. The summed E-state index contributed by atoms with van der Waals surface area (Å²) >= 11 is 0. The molecule has 0 unspecified atom stereocenters. The predicted octanol–water partition coefficient (Wildman–Crippen LogP) is 2.67. The van der Waals surface area contributed by atoms with E-state index in [4.69, 9.17) is 0 Å². The molecule has 0 spiro atoms. The Kier molecular flexibility index (Phi) is 4.56. The van der Waals surface area contributed by atoms with Gasteiger partial charge in [0.1, 0.15) is 5.82 Å². The summed E-state index contributed by atoms with van der Waals surface area (Å²) in [5, 5.41) is 12.0. The third kappa shape index (κ3) is 4.08. The summed E-state index contributed by atoms with van der Waals surface area (Å²) in [6.07, 6.45) is 0. The molecule has 2 aromatic carbocycles. The van der Waals surface area contributed by atoms with E-state index in [2.05, 4.69) is 25.8 Å². The normalized spacial score (nSPS) is 10.3. The first-order valence-corrected chi connectivity index (χ1v) is 7.70. The monoisotopic (exact) mass is 335 g/mol. The van der Waals surface area contributed by atoms with Gasteiger partial charge in [-0.3, -0.25) is 14.7 Å². The molecule has 1 aromatic heterocycles. The maximum Gasteiger partial charge on any atom is 0.314 e. The van der Waals surface area contributed by atoms with Crippen molar-refractivity contribution in [3.05, 3.63) is 59.9 Å². The van der Waals surface area contributed by atoms with Crippen LogP contribution in [0.1, 0.15) is 11.4 Å². The Morgan fingerprint density at radius 3 is 1.84 bits per heavy atom. The second-order valence-corrected chi connectivity index (χ2v) is 5.60. The van der Waals surface area contributed by atoms with Crippen LogP contribution in [0.2, 0.25) is 0 Å². The van der Waals surface area contributed by atoms with Gasteiger partial charge in [0.15, 0.2) is 5.82 Å². The van der Waals surface area contributed by atoms with Crippen LogP contribution >= 0.6 is 0 Å². The largest absolute Gasteiger partial charge is 0.318 e. The molecule has 3 aromatic rings. The average molecular weight is 335 g/mol. The fraction of sp³-hybridized carbons (Fsp3) is 0.111. The maximum absolute atomic E-state index is 12.0. The quantitative estimate of drug-likeness (QED) is 0.641. The smallest absolute Gasteiger partial charge is 0.314 e. The number of hydrogen-bond donors (Lipinski definition) is 3. The lowest BCUT2D eigenvalue weighted by atomic mass is 10.2. The second-order valence-electron chi connectivity index (χ2n) is 5.60. The third-order valence-corrected chi connectivity index (χ3v) is 3.51. The molecular weight excluding hydrogens is 318 g/mol. The molecule has 0 aliphatic carbocycles. The van der Waals surface area contributed by atoms with Crippen LogP contribution in [0.15, 0.2) is 48.5 Å². The van der Waals surface area contributed by atoms with E-state index in [0.29, 0.717) is 17.2 Å². The van der Waals surface area contributed by atoms with Gasteiger partial charge in [-0.1, -0.05) is 17.7 Å². The minimum Gasteiger partial charge on any atom is -0.318 e. The molecule has 0 atom stereocenters. The summed E-state index contributed by atoms with van der Waals surface area (Å²) in [5.74, 6) is -0.160. The summed E-state index contributed by atoms with van der Waals surface area (Å²) in [7, 11) is 0. The lowest BCUT2D eigenvalue weighted by molar-refractivity contribution is -0.132. The second kappa shape index (κ2) is 6.96. The van der Waals surface area contributed by atoms with E-state index in [1.165, 1.54) is 0 Å². The van der Waals surface area contributed by atoms with Crippen LogP contribution in [0.4, 0.5) is 11.4 Å². The zero-order valence-electron chi connectivity index (χ0n) is 13.8. The van der Waals surface area contributed by atoms with Crippen molar-refractivity contribution in [2.45, 2.75) is 13.8 Å². The van der Waals surface area contributed by atoms with E-state index in [1.54, 1.807) is 36.4 Å². The number of aryl methyl sites for hydroxylation is 2. The van der Waals surface area contributed by atoms with E-state index in [9.17, 15) is 9.59 Å². The lowest BCUT2D eigenvalue weighted by Gasteiger charge is -2.07. The Hall–Kier alpha value is -3.48. The fourth-order valence-corrected chi connectivity index (χ4v) is 2.19. The molecule has 1 heterocycles. The number of anilines is 2. The van der Waals surface area contributed by atoms with Gasteiger partial charge in [0.05, 0.1) is 0 Å². The van der Waals surface area contributed by atoms with Crippen molar-refractivity contribution >= 4 is 23.2 Å². The van der Waals surface area contributed by atoms with Gasteiger partial charge in [0.25, 0.3) is 0 Å². The summed E-state index contributed by atoms with van der Waals surface area (Å²) < 4.78 is 0. The molecule has 0 saturated heterocycles. The zero-order chi connectivity index (χ0) is 17.8. The van der Waals surface area contributed by atoms with Gasteiger partial charge < -0.3 is 10.6 Å². The van der Waals surface area contributed by atoms with Crippen molar-refractivity contribution in [1.29, 1.82) is 0 Å². The van der Waals surface area contributed by atoms with Crippen LogP contribution in [-0.4, -0.2) is 27.0 Å². The van der Waals surface area contributed by atoms with Crippen molar-refractivity contribution in [1.82, 2.24) is 15.2 Å². The SMILES string of the molecule is Cc1ccc(NC(=O)C(=O)Nc2ccc(-c3n[nH]c(C)n3)cc2)cc1. The molecule has 0 bridgehead atoms. The molecule has 0 radical (unpaired) electrons. The zero-order valence-corrected chi connectivity index (χ0v) is 13.8. The Labute approximate surface area is 144 Å². The molecule has 0 aliphatic rings. The van der Waals surface area contributed by atoms with Crippen molar-refractivity contribution in [2.24, 2.45) is 0 Å². The molecule has 0 saturated carbocycles. The first-order valence-electron chi connectivity index (χ1n) is 7.70. The minimum absolute atomic E-state index is 0.514. The highest BCUT2D eigenvalue weighted by molar-refractivity contribution is 6.43. The highest BCUT2D eigenvalue weighted by atomic mass is 16.2. The standard InChI is InChI=1S/C18H17N5O2/c1-11-3-7-14(8-4-11)20-17(24)18(25)21-15-9-5-13(6-10-15)16-19-12(2)22-23-16/h3-10H,1-2H3,(H,20,24)(H,21,25)(H,19,22,23). The van der Waals surface area contributed by atoms with Crippen LogP contribution < -0.4 is 10.6 Å². The first kappa shape index (κ1) is 16.4. The molecule has 3 rings (SSSR count). The molecule has 3 N–H and O–H groups in total. The number of aromatic amines is 1. The topological polar surface area (TPSA) is 99.8 Å². The first-order chi connectivity index (χ1) is 12.0. The number of carbonyl (C=O) groups is 2. The van der Waals surface area contributed by atoms with Gasteiger partial charge in [0.2, 0.25) is 0 Å². The third-order valence-electron chi connectivity index (χ3n) is 3.51. The van der Waals surface area contributed by atoms with Crippen molar-refractivity contribution in [2.75, 3.05) is 10.6 Å². The molecule has 7 heteroatoms. The molecule has 2 amide bonds. The van der Waals surface area contributed by atoms with Crippen molar-refractivity contribution < 1.29 is 9.59 Å². The fourth-order valence-electron chi connectivity index (χ4n) is 2.19. The number of rotatable bonds is 3. The van der Waals surface area contributed by atoms with E-state index in [0.717, 1.165) is 17.0 Å². The number of benzene rings is 2. The summed E-state index contributed by atoms with van der Waals surface area (Å²) in [6, 6.07) is 14.1. The number of amides is 2. The van der Waals surface area contributed by atoms with E-state index in [-0.39, 0.29) is 0 Å². The lowest BCUT2D eigenvalue weighted by Crippen LogP contribution is -2.29. The highest BCUT2D eigenvalue weighted by Gasteiger charge is 2.14. The van der Waals surface area contributed by atoms with Crippen molar-refractivity contribution in [3.8, 4) is 11.4 Å². The highest BCUT2D eigenvalue weighted by Crippen LogP contribution is 2.18. The molecule has 126 valence electrons. The number of nitrogens with zero attached hydrogens (tertiary/aromatic N) is 2. The Balaban J connectivity index is 1.62. The van der Waals surface area contributed by atoms with Crippen LogP contribution in [0.5, 0.6) is 0 Å². The van der Waals surface area contributed by atoms with E-state index >= 15 is 0 Å². The number of hydrogen-bond acceptors (Lipinski definition) is 4. The Bertz CT molecular complexity index is 898. The van der Waals surface area contributed by atoms with Crippen LogP contribution in [0, 0.1) is 13.8 Å². The Morgan fingerprint density at radius 1 is 0.840 bits per heavy atom. The summed E-state index contributed by atoms with van der Waals surface area (Å²) in [6.45, 7) is 3.76. The van der Waals surface area contributed by atoms with Crippen LogP contribution in [0.25, 0.3) is 11.4 Å². The summed E-state index contributed by atoms with van der Waals surface area (Å²) in [5.41, 5.74) is 2.97. The Morgan fingerprint density at radius 2 is 1.36 bits per heavy atom. The van der Waals surface area contributed by atoms with Gasteiger partial charge in [-0.25, -0.2) is 4.98 Å². The van der Waals surface area contributed by atoms with Gasteiger partial charge in [-0.2, -0.15) is 5.10 Å². The van der Waals surface area contributed by atoms with Crippen molar-refractivity contribution in [3.63, 3.8) is 0 Å². The van der Waals surface area contributed by atoms with E-state index in [1.807, 2.05) is 26.0 Å². The van der Waals surface area contributed by atoms with Gasteiger partial charge in [-0.15, -0.1) is 0 Å². The van der Waals surface area contributed by atoms with E-state index < -0.39 is 11.8 Å². The number of H-pyrrole nitrogens is 1. The van der Waals surface area contributed by atoms with Crippen LogP contribution in [0.3, 0.4) is 0 Å². The van der Waals surface area contributed by atoms with Crippen LogP contribution in [-0.2, 0) is 9.59 Å². The molecule has 25 heavy (non-hydrogen) atoms. The summed E-state index contributed by atoms with van der Waals surface area (Å²) in [4.78, 5) is 28.2. The number of nitrogens with one attached hydrogen (secondary N) is 3. The molecular formula is C18H17N5O2. The van der Waals surface area contributed by atoms with Gasteiger partial charge in [0, 0.05) is 16.9 Å². The van der Waals surface area contributed by atoms with Gasteiger partial charge in [-0.05, 0) is 50.2 Å². The molecule has 0 aliphatic heterocycles.